The number of ether oxygens (including phenoxy) is 9. The Morgan fingerprint density at radius 2 is 1.25 bits per heavy atom. The van der Waals surface area contributed by atoms with Gasteiger partial charge in [0.05, 0.1) is 38.1 Å². The summed E-state index contributed by atoms with van der Waals surface area (Å²) in [6.07, 6.45) is -19.4. The van der Waals surface area contributed by atoms with E-state index in [1.54, 1.807) is 0 Å². The number of hydrogen-bond acceptors (Lipinski definition) is 22. The first-order chi connectivity index (χ1) is 34.4. The number of fused-ring (bicyclic) bond motifs is 7. The number of hydrogen-bond donors (Lipinski definition) is 13. The van der Waals surface area contributed by atoms with Crippen LogP contribution in [0.3, 0.4) is 0 Å². The van der Waals surface area contributed by atoms with Gasteiger partial charge in [-0.2, -0.15) is 0 Å². The number of aliphatic hydroxyl groups is 13. The Hall–Kier alpha value is -1.56. The standard InChI is InChI=1S/C51H82O22/c1-20(19-65-45-38(60)37(59)34(56)29(17-52)70-45)7-10-31-51(6,64)44-28(69-31)16-27-25-9-8-23-15-24(11-13-49(23,4)26(25)12-14-50(27,44)5)68-48-43(73-47-40(62)36(58)33(55)22(3)67-47)41(63)42(30(18-53)71-48)72-46-39(61)35(57)32(54)21(2)66-46/h8,10,20-22,24-30,32-48,52-64H,7,9,11-19H2,1-6H3/t20-,21+,22+,24+,25-,26+,27+,28+,29-,30-,32+,33+,34-,35-,36-,37+,38-,39-,40-,41+,42-,43-,44+,45-,46+,47+,48-,49+,50+,51-/m1/s1. The Labute approximate surface area is 425 Å². The molecule has 30 atom stereocenters. The quantitative estimate of drug-likeness (QED) is 0.0882. The second-order valence-electron chi connectivity index (χ2n) is 23.5. The van der Waals surface area contributed by atoms with Crippen LogP contribution in [0.5, 0.6) is 0 Å². The largest absolute Gasteiger partial charge is 0.492 e. The van der Waals surface area contributed by atoms with Gasteiger partial charge in [-0.05, 0) is 113 Å². The molecule has 0 aromatic rings. The highest BCUT2D eigenvalue weighted by molar-refractivity contribution is 5.29. The number of aliphatic hydroxyl groups excluding tert-OH is 12. The van der Waals surface area contributed by atoms with Crippen molar-refractivity contribution < 1.29 is 109 Å². The molecule has 418 valence electrons. The number of allylic oxidation sites excluding steroid dienone is 2. The number of rotatable bonds is 13. The van der Waals surface area contributed by atoms with E-state index in [1.807, 2.05) is 19.9 Å². The molecule has 0 unspecified atom stereocenters. The molecule has 0 bridgehead atoms. The molecule has 13 N–H and O–H groups in total. The van der Waals surface area contributed by atoms with Crippen LogP contribution in [0, 0.1) is 40.4 Å². The molecule has 3 saturated carbocycles. The van der Waals surface area contributed by atoms with Crippen LogP contribution < -0.4 is 0 Å². The third kappa shape index (κ3) is 10.0. The van der Waals surface area contributed by atoms with Crippen LogP contribution in [0.2, 0.25) is 0 Å². The third-order valence-electron chi connectivity index (χ3n) is 18.9. The molecule has 22 nitrogen and oxygen atoms in total. The first kappa shape index (κ1) is 56.2. The molecule has 22 heteroatoms. The average molecular weight is 1050 g/mol. The van der Waals surface area contributed by atoms with E-state index in [0.29, 0.717) is 42.8 Å². The van der Waals surface area contributed by atoms with Gasteiger partial charge in [0.25, 0.3) is 0 Å². The lowest BCUT2D eigenvalue weighted by atomic mass is 9.46. The molecule has 5 heterocycles. The molecule has 5 saturated heterocycles. The lowest BCUT2D eigenvalue weighted by molar-refractivity contribution is -0.388. The van der Waals surface area contributed by atoms with Crippen molar-refractivity contribution in [2.24, 2.45) is 40.4 Å². The zero-order valence-corrected chi connectivity index (χ0v) is 42.5. The van der Waals surface area contributed by atoms with Gasteiger partial charge in [0, 0.05) is 5.92 Å². The normalized spacial score (nSPS) is 54.9. The van der Waals surface area contributed by atoms with E-state index in [-0.39, 0.29) is 35.4 Å². The summed E-state index contributed by atoms with van der Waals surface area (Å²) < 4.78 is 54.5. The molecule has 0 spiro atoms. The van der Waals surface area contributed by atoms with Crippen molar-refractivity contribution >= 4 is 0 Å². The Bertz CT molecular complexity index is 1960. The maximum atomic E-state index is 12.3. The van der Waals surface area contributed by atoms with Gasteiger partial charge in [-0.1, -0.05) is 32.4 Å². The van der Waals surface area contributed by atoms with Gasteiger partial charge in [-0.3, -0.25) is 0 Å². The summed E-state index contributed by atoms with van der Waals surface area (Å²) in [6.45, 7) is 10.3. The van der Waals surface area contributed by atoms with E-state index in [0.717, 1.165) is 32.1 Å². The molecule has 73 heavy (non-hydrogen) atoms. The lowest BCUT2D eigenvalue weighted by Crippen LogP contribution is -2.66. The van der Waals surface area contributed by atoms with Crippen LogP contribution in [0.1, 0.15) is 92.9 Å². The van der Waals surface area contributed by atoms with Crippen LogP contribution in [0.15, 0.2) is 23.5 Å². The van der Waals surface area contributed by atoms with Gasteiger partial charge in [0.2, 0.25) is 0 Å². The topological polar surface area (TPSA) is 346 Å². The Morgan fingerprint density at radius 1 is 0.658 bits per heavy atom. The first-order valence-corrected chi connectivity index (χ1v) is 26.5. The van der Waals surface area contributed by atoms with E-state index in [9.17, 15) is 66.4 Å². The van der Waals surface area contributed by atoms with Gasteiger partial charge < -0.3 is 109 Å². The molecule has 5 aliphatic heterocycles. The SMILES string of the molecule is C[C@H](CC=C1O[C@H]2C[C@H]3[C@@H]4CC=C5C[C@@H](O[C@@H]6O[C@H](CO)[C@@H](O[C@@H]7O[C@@H](C)[C@H](O)[C@@H](O)[C@H]7O)[C@H](O)[C@H]6O[C@@H]6O[C@@H](C)[C@H](O)[C@@H](O)[C@H]6O)CC[C@]5(C)[C@H]4CC[C@]3(C)[C@H]2[C@]1(C)O)CO[C@@H]1O[C@H](CO)[C@@H](O)[C@H](O)[C@H]1O. The highest BCUT2D eigenvalue weighted by Gasteiger charge is 2.69. The Balaban J connectivity index is 0.860. The second kappa shape index (κ2) is 21.6. The summed E-state index contributed by atoms with van der Waals surface area (Å²) in [5.41, 5.74) is -0.343. The van der Waals surface area contributed by atoms with Gasteiger partial charge in [-0.25, -0.2) is 0 Å². The molecule has 0 amide bonds. The first-order valence-electron chi connectivity index (χ1n) is 26.5. The molecule has 9 rings (SSSR count). The minimum Gasteiger partial charge on any atom is -0.492 e. The molecular weight excluding hydrogens is 965 g/mol. The minimum atomic E-state index is -1.75. The summed E-state index contributed by atoms with van der Waals surface area (Å²) in [5.74, 6) is 1.30. The summed E-state index contributed by atoms with van der Waals surface area (Å²) in [4.78, 5) is 0. The van der Waals surface area contributed by atoms with E-state index in [4.69, 9.17) is 42.6 Å². The van der Waals surface area contributed by atoms with Crippen molar-refractivity contribution in [2.75, 3.05) is 19.8 Å². The summed E-state index contributed by atoms with van der Waals surface area (Å²) >= 11 is 0. The summed E-state index contributed by atoms with van der Waals surface area (Å²) in [7, 11) is 0. The minimum absolute atomic E-state index is 0.0981. The highest BCUT2D eigenvalue weighted by atomic mass is 16.8. The van der Waals surface area contributed by atoms with Crippen molar-refractivity contribution in [2.45, 2.75) is 234 Å². The van der Waals surface area contributed by atoms with Crippen molar-refractivity contribution in [1.82, 2.24) is 0 Å². The summed E-state index contributed by atoms with van der Waals surface area (Å²) in [6, 6.07) is 0. The predicted octanol–water partition coefficient (Wildman–Crippen LogP) is -2.06. The molecular formula is C51H82O22. The van der Waals surface area contributed by atoms with E-state index in [2.05, 4.69) is 19.9 Å². The summed E-state index contributed by atoms with van der Waals surface area (Å²) in [5, 5.41) is 139. The maximum absolute atomic E-state index is 12.3. The molecule has 8 fully saturated rings. The fourth-order valence-corrected chi connectivity index (χ4v) is 14.6. The molecule has 4 aliphatic carbocycles. The maximum Gasteiger partial charge on any atom is 0.187 e. The molecule has 9 aliphatic rings. The zero-order chi connectivity index (χ0) is 52.8. The van der Waals surface area contributed by atoms with Crippen LogP contribution >= 0.6 is 0 Å². The average Bonchev–Trinajstić information content (AvgIpc) is 3.82. The van der Waals surface area contributed by atoms with Crippen LogP contribution in [0.4, 0.5) is 0 Å². The smallest absolute Gasteiger partial charge is 0.187 e. The fourth-order valence-electron chi connectivity index (χ4n) is 14.6. The van der Waals surface area contributed by atoms with E-state index in [1.165, 1.54) is 19.4 Å². The van der Waals surface area contributed by atoms with Crippen LogP contribution in [0.25, 0.3) is 0 Å². The van der Waals surface area contributed by atoms with E-state index >= 15 is 0 Å². The van der Waals surface area contributed by atoms with Crippen molar-refractivity contribution in [1.29, 1.82) is 0 Å². The van der Waals surface area contributed by atoms with Crippen molar-refractivity contribution in [3.63, 3.8) is 0 Å². The fraction of sp³-hybridized carbons (Fsp3) is 0.922. The van der Waals surface area contributed by atoms with Gasteiger partial charge in [0.1, 0.15) is 103 Å². The van der Waals surface area contributed by atoms with Crippen LogP contribution in [-0.2, 0) is 42.6 Å². The van der Waals surface area contributed by atoms with E-state index < -0.39 is 148 Å². The Morgan fingerprint density at radius 3 is 1.88 bits per heavy atom. The Kier molecular flexibility index (Phi) is 16.6. The zero-order valence-electron chi connectivity index (χ0n) is 42.5. The highest BCUT2D eigenvalue weighted by Crippen LogP contribution is 2.70. The van der Waals surface area contributed by atoms with Crippen molar-refractivity contribution in [3.8, 4) is 0 Å². The van der Waals surface area contributed by atoms with Gasteiger partial charge in [-0.15, -0.1) is 0 Å². The van der Waals surface area contributed by atoms with Gasteiger partial charge in [0.15, 0.2) is 25.2 Å². The molecule has 0 aromatic carbocycles. The monoisotopic (exact) mass is 1050 g/mol. The molecule has 0 aromatic heterocycles. The predicted molar refractivity (Wildman–Crippen MR) is 249 cm³/mol. The van der Waals surface area contributed by atoms with Gasteiger partial charge >= 0.3 is 0 Å². The van der Waals surface area contributed by atoms with Crippen LogP contribution in [-0.4, -0.2) is 227 Å². The van der Waals surface area contributed by atoms with Crippen molar-refractivity contribution in [3.05, 3.63) is 23.5 Å². The second-order valence-corrected chi connectivity index (χ2v) is 23.5. The lowest BCUT2D eigenvalue weighted by Gasteiger charge is -2.58. The third-order valence-corrected chi connectivity index (χ3v) is 18.9. The molecule has 0 radical (unpaired) electrons.